The van der Waals surface area contributed by atoms with Gasteiger partial charge in [0.05, 0.1) is 17.8 Å². The number of rotatable bonds is 8. The number of carbonyl (C=O) groups is 1. The van der Waals surface area contributed by atoms with Crippen LogP contribution in [0.25, 0.3) is 0 Å². The third-order valence-corrected chi connectivity index (χ3v) is 4.07. The summed E-state index contributed by atoms with van der Waals surface area (Å²) in [4.78, 5) is 11.8. The molecule has 1 rings (SSSR count). The minimum absolute atomic E-state index is 0.343. The first-order valence-corrected chi connectivity index (χ1v) is 8.19. The van der Waals surface area contributed by atoms with Crippen LogP contribution in [0.4, 0.5) is 10.5 Å². The zero-order chi connectivity index (χ0) is 18.4. The van der Waals surface area contributed by atoms with Crippen LogP contribution in [0.15, 0.2) is 24.3 Å². The zero-order valence-electron chi connectivity index (χ0n) is 15.1. The van der Waals surface area contributed by atoms with Crippen molar-refractivity contribution in [3.05, 3.63) is 24.3 Å². The molecule has 0 unspecified atom stereocenters. The van der Waals surface area contributed by atoms with Crippen molar-refractivity contribution in [3.63, 3.8) is 0 Å². The standard InChI is InChI=1S/C17H28BNO5/c1-6-7-12-23-15(20)19-14-11-9-8-10-13(14)18(22)24-17(4,5)16(2,3)21/h8-11,21-22H,6-7,12H2,1-5H3,(H,19,20). The molecule has 7 heteroatoms. The van der Waals surface area contributed by atoms with E-state index in [0.29, 0.717) is 17.8 Å². The Labute approximate surface area is 144 Å². The highest BCUT2D eigenvalue weighted by Gasteiger charge is 2.40. The second-order valence-electron chi connectivity index (χ2n) is 6.74. The zero-order valence-corrected chi connectivity index (χ0v) is 15.1. The van der Waals surface area contributed by atoms with E-state index in [1.54, 1.807) is 52.0 Å². The first-order valence-electron chi connectivity index (χ1n) is 8.19. The van der Waals surface area contributed by atoms with E-state index in [9.17, 15) is 14.9 Å². The lowest BCUT2D eigenvalue weighted by Gasteiger charge is -2.38. The summed E-state index contributed by atoms with van der Waals surface area (Å²) in [6, 6.07) is 6.76. The average Bonchev–Trinajstić information content (AvgIpc) is 2.46. The molecule has 24 heavy (non-hydrogen) atoms. The van der Waals surface area contributed by atoms with Crippen molar-refractivity contribution in [1.29, 1.82) is 0 Å². The van der Waals surface area contributed by atoms with Gasteiger partial charge >= 0.3 is 13.2 Å². The van der Waals surface area contributed by atoms with Crippen LogP contribution in [-0.2, 0) is 9.39 Å². The van der Waals surface area contributed by atoms with Crippen molar-refractivity contribution in [3.8, 4) is 0 Å². The number of hydrogen-bond donors (Lipinski definition) is 3. The van der Waals surface area contributed by atoms with E-state index in [1.807, 2.05) is 6.92 Å². The number of benzene rings is 1. The average molecular weight is 337 g/mol. The van der Waals surface area contributed by atoms with Crippen molar-refractivity contribution in [2.75, 3.05) is 11.9 Å². The maximum absolute atomic E-state index is 11.8. The van der Waals surface area contributed by atoms with E-state index in [2.05, 4.69) is 5.32 Å². The summed E-state index contributed by atoms with van der Waals surface area (Å²) in [6.07, 6.45) is 1.15. The number of carbonyl (C=O) groups excluding carboxylic acids is 1. The number of unbranched alkanes of at least 4 members (excludes halogenated alkanes) is 1. The van der Waals surface area contributed by atoms with Gasteiger partial charge in [-0.25, -0.2) is 4.79 Å². The minimum atomic E-state index is -1.31. The molecule has 0 saturated heterocycles. The fourth-order valence-electron chi connectivity index (χ4n) is 1.77. The van der Waals surface area contributed by atoms with Gasteiger partial charge in [-0.15, -0.1) is 0 Å². The molecule has 0 saturated carbocycles. The molecule has 0 aliphatic carbocycles. The number of aliphatic hydroxyl groups is 1. The number of para-hydroxylation sites is 1. The summed E-state index contributed by atoms with van der Waals surface area (Å²) >= 11 is 0. The molecule has 0 aliphatic rings. The Hall–Kier alpha value is -1.57. The van der Waals surface area contributed by atoms with Crippen molar-refractivity contribution in [1.82, 2.24) is 0 Å². The predicted octanol–water partition coefficient (Wildman–Crippen LogP) is 2.29. The van der Waals surface area contributed by atoms with Gasteiger partial charge in [0.2, 0.25) is 0 Å². The summed E-state index contributed by atoms with van der Waals surface area (Å²) < 4.78 is 10.7. The molecular weight excluding hydrogens is 309 g/mol. The number of ether oxygens (including phenoxy) is 1. The maximum Gasteiger partial charge on any atom is 0.493 e. The fourth-order valence-corrected chi connectivity index (χ4v) is 1.77. The number of hydrogen-bond acceptors (Lipinski definition) is 5. The van der Waals surface area contributed by atoms with Crippen LogP contribution in [0, 0.1) is 0 Å². The van der Waals surface area contributed by atoms with Crippen LogP contribution in [0.3, 0.4) is 0 Å². The SMILES string of the molecule is CCCCOC(=O)Nc1ccccc1B(O)OC(C)(C)C(C)(C)O. The van der Waals surface area contributed by atoms with Crippen molar-refractivity contribution in [2.45, 2.75) is 58.7 Å². The first-order chi connectivity index (χ1) is 11.1. The van der Waals surface area contributed by atoms with Gasteiger partial charge < -0.3 is 19.5 Å². The summed E-state index contributed by atoms with van der Waals surface area (Å²) in [5, 5.41) is 23.2. The summed E-state index contributed by atoms with van der Waals surface area (Å²) in [6.45, 7) is 8.93. The molecule has 0 heterocycles. The Bertz CT molecular complexity index is 542. The lowest BCUT2D eigenvalue weighted by molar-refractivity contribution is -0.0982. The minimum Gasteiger partial charge on any atom is -0.449 e. The van der Waals surface area contributed by atoms with Crippen LogP contribution < -0.4 is 10.8 Å². The molecule has 6 nitrogen and oxygen atoms in total. The molecule has 0 fully saturated rings. The van der Waals surface area contributed by atoms with Gasteiger partial charge in [-0.05, 0) is 40.2 Å². The Kier molecular flexibility index (Phi) is 7.26. The third kappa shape index (κ3) is 5.81. The highest BCUT2D eigenvalue weighted by Crippen LogP contribution is 2.25. The Morgan fingerprint density at radius 2 is 1.88 bits per heavy atom. The number of nitrogens with one attached hydrogen (secondary N) is 1. The van der Waals surface area contributed by atoms with Crippen molar-refractivity contribution < 1.29 is 24.3 Å². The maximum atomic E-state index is 11.8. The Balaban J connectivity index is 2.84. The van der Waals surface area contributed by atoms with Crippen LogP contribution in [0.2, 0.25) is 0 Å². The van der Waals surface area contributed by atoms with Gasteiger partial charge in [0, 0.05) is 11.2 Å². The molecule has 1 aromatic rings. The van der Waals surface area contributed by atoms with Crippen molar-refractivity contribution >= 4 is 24.4 Å². The quantitative estimate of drug-likeness (QED) is 0.500. The molecular formula is C17H28BNO5. The highest BCUT2D eigenvalue weighted by atomic mass is 16.6. The van der Waals surface area contributed by atoms with Crippen LogP contribution in [-0.4, -0.2) is 41.2 Å². The summed E-state index contributed by atoms with van der Waals surface area (Å²) in [7, 11) is -1.31. The molecule has 0 bridgehead atoms. The fraction of sp³-hybridized carbons (Fsp3) is 0.588. The monoisotopic (exact) mass is 337 g/mol. The van der Waals surface area contributed by atoms with Crippen LogP contribution >= 0.6 is 0 Å². The van der Waals surface area contributed by atoms with Gasteiger partial charge in [-0.2, -0.15) is 0 Å². The summed E-state index contributed by atoms with van der Waals surface area (Å²) in [5.74, 6) is 0. The van der Waals surface area contributed by atoms with Crippen LogP contribution in [0.1, 0.15) is 47.5 Å². The number of anilines is 1. The molecule has 0 atom stereocenters. The van der Waals surface area contributed by atoms with E-state index in [0.717, 1.165) is 12.8 Å². The molecule has 0 aromatic heterocycles. The molecule has 0 aliphatic heterocycles. The van der Waals surface area contributed by atoms with Gasteiger partial charge in [0.15, 0.2) is 0 Å². The topological polar surface area (TPSA) is 88.0 Å². The first kappa shape index (κ1) is 20.5. The lowest BCUT2D eigenvalue weighted by atomic mass is 9.75. The molecule has 134 valence electrons. The van der Waals surface area contributed by atoms with Gasteiger partial charge in [0.25, 0.3) is 0 Å². The second kappa shape index (κ2) is 8.51. The molecule has 3 N–H and O–H groups in total. The molecule has 0 spiro atoms. The third-order valence-electron chi connectivity index (χ3n) is 4.07. The van der Waals surface area contributed by atoms with Gasteiger partial charge in [-0.3, -0.25) is 5.32 Å². The molecule has 1 aromatic carbocycles. The molecule has 1 amide bonds. The van der Waals surface area contributed by atoms with E-state index >= 15 is 0 Å². The van der Waals surface area contributed by atoms with Gasteiger partial charge in [0.1, 0.15) is 0 Å². The van der Waals surface area contributed by atoms with Crippen molar-refractivity contribution in [2.24, 2.45) is 0 Å². The second-order valence-corrected chi connectivity index (χ2v) is 6.74. The van der Waals surface area contributed by atoms with E-state index < -0.39 is 24.4 Å². The van der Waals surface area contributed by atoms with E-state index in [-0.39, 0.29) is 0 Å². The molecule has 0 radical (unpaired) electrons. The summed E-state index contributed by atoms with van der Waals surface area (Å²) in [5.41, 5.74) is -1.36. The Morgan fingerprint density at radius 1 is 1.25 bits per heavy atom. The largest absolute Gasteiger partial charge is 0.493 e. The van der Waals surface area contributed by atoms with E-state index in [1.165, 1.54) is 0 Å². The lowest BCUT2D eigenvalue weighted by Crippen LogP contribution is -2.53. The number of amides is 1. The predicted molar refractivity (Wildman–Crippen MR) is 95.4 cm³/mol. The normalized spacial score (nSPS) is 12.0. The smallest absolute Gasteiger partial charge is 0.449 e. The van der Waals surface area contributed by atoms with Gasteiger partial charge in [-0.1, -0.05) is 31.5 Å². The van der Waals surface area contributed by atoms with Crippen LogP contribution in [0.5, 0.6) is 0 Å². The highest BCUT2D eigenvalue weighted by molar-refractivity contribution is 6.62. The van der Waals surface area contributed by atoms with E-state index in [4.69, 9.17) is 9.39 Å². The Morgan fingerprint density at radius 3 is 2.46 bits per heavy atom.